The van der Waals surface area contributed by atoms with Crippen LogP contribution < -0.4 is 0 Å². The lowest BCUT2D eigenvalue weighted by Crippen LogP contribution is -2.23. The summed E-state index contributed by atoms with van der Waals surface area (Å²) < 4.78 is 31.1. The summed E-state index contributed by atoms with van der Waals surface area (Å²) in [5.41, 5.74) is 2.85. The summed E-state index contributed by atoms with van der Waals surface area (Å²) in [5.74, 6) is 0. The van der Waals surface area contributed by atoms with Crippen molar-refractivity contribution in [3.8, 4) is 0 Å². The van der Waals surface area contributed by atoms with Crippen LogP contribution in [0.3, 0.4) is 0 Å². The van der Waals surface area contributed by atoms with Crippen molar-refractivity contribution in [2.75, 3.05) is 13.2 Å². The molecule has 0 aliphatic carbocycles. The van der Waals surface area contributed by atoms with Crippen molar-refractivity contribution in [2.24, 2.45) is 0 Å². The van der Waals surface area contributed by atoms with Gasteiger partial charge < -0.3 is 4.74 Å². The zero-order valence-corrected chi connectivity index (χ0v) is 13.2. The Morgan fingerprint density at radius 2 is 1.73 bits per heavy atom. The molecule has 2 aromatic carbocycles. The molecule has 0 radical (unpaired) electrons. The highest BCUT2D eigenvalue weighted by Crippen LogP contribution is 2.28. The Labute approximate surface area is 131 Å². The monoisotopic (exact) mass is 314 g/mol. The third-order valence-electron chi connectivity index (χ3n) is 3.83. The molecule has 22 heavy (non-hydrogen) atoms. The minimum absolute atomic E-state index is 0.217. The first-order chi connectivity index (χ1) is 10.6. The molecule has 4 heteroatoms. The number of sulfone groups is 1. The normalized spacial score (nSPS) is 20.4. The van der Waals surface area contributed by atoms with Crippen molar-refractivity contribution >= 4 is 15.9 Å². The van der Waals surface area contributed by atoms with E-state index in [2.05, 4.69) is 0 Å². The summed E-state index contributed by atoms with van der Waals surface area (Å²) >= 11 is 0. The van der Waals surface area contributed by atoms with Crippen LogP contribution in [0.5, 0.6) is 0 Å². The van der Waals surface area contributed by atoms with Crippen molar-refractivity contribution in [2.45, 2.75) is 17.1 Å². The predicted molar refractivity (Wildman–Crippen MR) is 87.4 cm³/mol. The minimum Gasteiger partial charge on any atom is -0.375 e. The molecule has 3 nitrogen and oxygen atoms in total. The minimum atomic E-state index is -3.42. The van der Waals surface area contributed by atoms with Gasteiger partial charge in [0, 0.05) is 0 Å². The molecular formula is C18H18O3S. The molecule has 0 aromatic heterocycles. The van der Waals surface area contributed by atoms with E-state index in [-0.39, 0.29) is 6.61 Å². The van der Waals surface area contributed by atoms with Crippen LogP contribution in [-0.4, -0.2) is 26.9 Å². The maximum absolute atomic E-state index is 12.8. The van der Waals surface area contributed by atoms with Crippen molar-refractivity contribution in [3.63, 3.8) is 0 Å². The maximum Gasteiger partial charge on any atom is 0.187 e. The van der Waals surface area contributed by atoms with E-state index in [9.17, 15) is 8.42 Å². The first kappa shape index (κ1) is 15.0. The number of ether oxygens (including phenoxy) is 1. The van der Waals surface area contributed by atoms with Gasteiger partial charge in [-0.05, 0) is 30.2 Å². The predicted octanol–water partition coefficient (Wildman–Crippen LogP) is 3.25. The highest BCUT2D eigenvalue weighted by Gasteiger charge is 2.35. The molecule has 1 heterocycles. The number of hydrogen-bond acceptors (Lipinski definition) is 3. The summed E-state index contributed by atoms with van der Waals surface area (Å²) in [7, 11) is -3.42. The molecule has 0 N–H and O–H groups in total. The molecule has 1 aliphatic rings. The van der Waals surface area contributed by atoms with E-state index in [4.69, 9.17) is 4.74 Å². The van der Waals surface area contributed by atoms with Crippen LogP contribution in [0.25, 0.3) is 6.08 Å². The standard InChI is InChI=1S/C18H18O3S/c1-14-7-9-17(10-8-14)22(19,20)18-13-21-12-16(18)11-15-5-3-2-4-6-15/h2-11,18H,12-13H2,1H3/b16-11+. The van der Waals surface area contributed by atoms with Crippen molar-refractivity contribution in [3.05, 3.63) is 71.3 Å². The van der Waals surface area contributed by atoms with Gasteiger partial charge in [0.1, 0.15) is 5.25 Å². The first-order valence-electron chi connectivity index (χ1n) is 7.21. The third-order valence-corrected chi connectivity index (χ3v) is 5.94. The van der Waals surface area contributed by atoms with Crippen LogP contribution in [0.2, 0.25) is 0 Å². The molecule has 1 aliphatic heterocycles. The summed E-state index contributed by atoms with van der Waals surface area (Å²) in [6.07, 6.45) is 1.92. The fourth-order valence-electron chi connectivity index (χ4n) is 2.56. The Balaban J connectivity index is 1.96. The molecule has 0 amide bonds. The van der Waals surface area contributed by atoms with Crippen LogP contribution in [0.4, 0.5) is 0 Å². The average Bonchev–Trinajstić information content (AvgIpc) is 2.98. The van der Waals surface area contributed by atoms with Gasteiger partial charge >= 0.3 is 0 Å². The van der Waals surface area contributed by atoms with Crippen LogP contribution in [-0.2, 0) is 14.6 Å². The van der Waals surface area contributed by atoms with Crippen LogP contribution >= 0.6 is 0 Å². The summed E-state index contributed by atoms with van der Waals surface area (Å²) in [4.78, 5) is 0.354. The third kappa shape index (κ3) is 2.98. The molecule has 1 saturated heterocycles. The average molecular weight is 314 g/mol. The maximum atomic E-state index is 12.8. The van der Waals surface area contributed by atoms with Gasteiger partial charge in [-0.3, -0.25) is 0 Å². The lowest BCUT2D eigenvalue weighted by atomic mass is 10.1. The van der Waals surface area contributed by atoms with Crippen LogP contribution in [0, 0.1) is 6.92 Å². The summed E-state index contributed by atoms with van der Waals surface area (Å²) in [6.45, 7) is 2.52. The Morgan fingerprint density at radius 1 is 1.05 bits per heavy atom. The van der Waals surface area contributed by atoms with Gasteiger partial charge in [0.2, 0.25) is 0 Å². The Morgan fingerprint density at radius 3 is 2.41 bits per heavy atom. The van der Waals surface area contributed by atoms with E-state index >= 15 is 0 Å². The fraction of sp³-hybridized carbons (Fsp3) is 0.222. The van der Waals surface area contributed by atoms with Gasteiger partial charge in [0.05, 0.1) is 18.1 Å². The molecule has 1 fully saturated rings. The van der Waals surface area contributed by atoms with E-state index in [1.54, 1.807) is 12.1 Å². The molecular weight excluding hydrogens is 296 g/mol. The topological polar surface area (TPSA) is 43.4 Å². The summed E-state index contributed by atoms with van der Waals surface area (Å²) in [6, 6.07) is 16.7. The first-order valence-corrected chi connectivity index (χ1v) is 8.76. The Kier molecular flexibility index (Phi) is 4.14. The van der Waals surface area contributed by atoms with Gasteiger partial charge in [0.15, 0.2) is 9.84 Å². The number of rotatable bonds is 3. The lowest BCUT2D eigenvalue weighted by molar-refractivity contribution is 0.205. The largest absolute Gasteiger partial charge is 0.375 e. The second kappa shape index (κ2) is 6.07. The highest BCUT2D eigenvalue weighted by atomic mass is 32.2. The molecule has 1 atom stereocenters. The molecule has 114 valence electrons. The Bertz CT molecular complexity index is 775. The number of aryl methyl sites for hydroxylation is 1. The molecule has 3 rings (SSSR count). The molecule has 0 spiro atoms. The zero-order valence-electron chi connectivity index (χ0n) is 12.4. The number of hydrogen-bond donors (Lipinski definition) is 0. The van der Waals surface area contributed by atoms with Crippen molar-refractivity contribution < 1.29 is 13.2 Å². The SMILES string of the molecule is Cc1ccc(S(=O)(=O)C2COC/C2=C\c2ccccc2)cc1. The Hall–Kier alpha value is -1.91. The molecule has 0 saturated carbocycles. The van der Waals surface area contributed by atoms with Gasteiger partial charge in [-0.1, -0.05) is 54.1 Å². The van der Waals surface area contributed by atoms with E-state index in [1.807, 2.05) is 55.5 Å². The highest BCUT2D eigenvalue weighted by molar-refractivity contribution is 7.92. The molecule has 1 unspecified atom stereocenters. The number of benzene rings is 2. The van der Waals surface area contributed by atoms with Gasteiger partial charge in [-0.15, -0.1) is 0 Å². The van der Waals surface area contributed by atoms with Crippen molar-refractivity contribution in [1.82, 2.24) is 0 Å². The smallest absolute Gasteiger partial charge is 0.187 e. The fourth-order valence-corrected chi connectivity index (χ4v) is 4.22. The van der Waals surface area contributed by atoms with Gasteiger partial charge in [0.25, 0.3) is 0 Å². The second-order valence-corrected chi connectivity index (χ2v) is 7.62. The molecule has 0 bridgehead atoms. The van der Waals surface area contributed by atoms with E-state index in [1.165, 1.54) is 0 Å². The zero-order chi connectivity index (χ0) is 15.6. The quantitative estimate of drug-likeness (QED) is 0.873. The van der Waals surface area contributed by atoms with Gasteiger partial charge in [-0.25, -0.2) is 8.42 Å². The van der Waals surface area contributed by atoms with Crippen LogP contribution in [0.1, 0.15) is 11.1 Å². The second-order valence-electron chi connectivity index (χ2n) is 5.49. The van der Waals surface area contributed by atoms with Gasteiger partial charge in [-0.2, -0.15) is 0 Å². The summed E-state index contributed by atoms with van der Waals surface area (Å²) in [5, 5.41) is -0.601. The van der Waals surface area contributed by atoms with E-state index in [0.29, 0.717) is 11.5 Å². The van der Waals surface area contributed by atoms with Crippen molar-refractivity contribution in [1.29, 1.82) is 0 Å². The van der Waals surface area contributed by atoms with E-state index < -0.39 is 15.1 Å². The lowest BCUT2D eigenvalue weighted by Gasteiger charge is -2.12. The van der Waals surface area contributed by atoms with Crippen LogP contribution in [0.15, 0.2) is 65.1 Å². The van der Waals surface area contributed by atoms with E-state index in [0.717, 1.165) is 16.7 Å². The molecule has 2 aromatic rings.